The van der Waals surface area contributed by atoms with Crippen molar-refractivity contribution in [2.75, 3.05) is 4.90 Å². The van der Waals surface area contributed by atoms with Crippen molar-refractivity contribution < 1.29 is 24.5 Å². The number of amides is 2. The van der Waals surface area contributed by atoms with Crippen molar-refractivity contribution in [3.05, 3.63) is 79.4 Å². The van der Waals surface area contributed by atoms with E-state index in [4.69, 9.17) is 0 Å². The minimum atomic E-state index is -0.793. The molecule has 1 N–H and O–H groups in total. The van der Waals surface area contributed by atoms with E-state index in [0.29, 0.717) is 5.56 Å². The van der Waals surface area contributed by atoms with Crippen molar-refractivity contribution in [1.29, 1.82) is 0 Å². The molecule has 0 atom stereocenters. The number of aryl methyl sites for hydroxylation is 1. The molecule has 0 saturated heterocycles. The quantitative estimate of drug-likeness (QED) is 0.407. The van der Waals surface area contributed by atoms with Gasteiger partial charge in [-0.25, -0.2) is 4.90 Å². The number of hydrogen-bond acceptors (Lipinski definition) is 7. The lowest BCUT2D eigenvalue weighted by Gasteiger charge is -2.28. The van der Waals surface area contributed by atoms with Gasteiger partial charge in [0, 0.05) is 29.7 Å². The van der Waals surface area contributed by atoms with Crippen LogP contribution in [-0.4, -0.2) is 26.8 Å². The van der Waals surface area contributed by atoms with Gasteiger partial charge in [-0.05, 0) is 36.1 Å². The van der Waals surface area contributed by atoms with Gasteiger partial charge in [-0.15, -0.1) is 0 Å². The maximum absolute atomic E-state index is 13.1. The molecule has 29 heavy (non-hydrogen) atoms. The Kier molecular flexibility index (Phi) is 3.79. The van der Waals surface area contributed by atoms with Crippen molar-refractivity contribution in [3.63, 3.8) is 0 Å². The van der Waals surface area contributed by atoms with Crippen molar-refractivity contribution in [2.24, 2.45) is 0 Å². The first-order valence-corrected chi connectivity index (χ1v) is 8.28. The van der Waals surface area contributed by atoms with Gasteiger partial charge in [0.1, 0.15) is 5.75 Å². The molecular formula is C19H11N3O7. The van der Waals surface area contributed by atoms with Gasteiger partial charge in [-0.3, -0.25) is 29.8 Å². The van der Waals surface area contributed by atoms with Gasteiger partial charge in [0.2, 0.25) is 0 Å². The summed E-state index contributed by atoms with van der Waals surface area (Å²) in [7, 11) is 0. The fourth-order valence-electron chi connectivity index (χ4n) is 3.47. The zero-order valence-corrected chi connectivity index (χ0v) is 14.8. The number of rotatable bonds is 3. The monoisotopic (exact) mass is 393 g/mol. The van der Waals surface area contributed by atoms with Crippen LogP contribution in [0, 0.1) is 27.2 Å². The smallest absolute Gasteiger partial charge is 0.270 e. The number of aromatic hydroxyl groups is 1. The lowest BCUT2D eigenvalue weighted by Crippen LogP contribution is -2.41. The molecule has 0 aromatic heterocycles. The molecule has 10 heteroatoms. The maximum atomic E-state index is 13.1. The summed E-state index contributed by atoms with van der Waals surface area (Å²) in [6.45, 7) is 1.57. The number of anilines is 1. The summed E-state index contributed by atoms with van der Waals surface area (Å²) in [5, 5.41) is 32.4. The summed E-state index contributed by atoms with van der Waals surface area (Å²) in [6.07, 6.45) is 0. The van der Waals surface area contributed by atoms with Crippen LogP contribution in [0.1, 0.15) is 26.3 Å². The molecule has 3 aromatic carbocycles. The summed E-state index contributed by atoms with van der Waals surface area (Å²) >= 11 is 0. The highest BCUT2D eigenvalue weighted by Gasteiger charge is 2.37. The van der Waals surface area contributed by atoms with Crippen LogP contribution in [-0.2, 0) is 0 Å². The average Bonchev–Trinajstić information content (AvgIpc) is 2.66. The number of phenolic OH excluding ortho intramolecular Hbond substituents is 1. The zero-order valence-electron chi connectivity index (χ0n) is 14.8. The van der Waals surface area contributed by atoms with Gasteiger partial charge in [0.15, 0.2) is 0 Å². The molecule has 1 aliphatic heterocycles. The standard InChI is InChI=1S/C19H11N3O7/c1-9-4-13(23)2-3-16(9)20-18(24)14-7-11(21(26)27)5-10-6-12(22(28)29)8-15(17(10)14)19(20)25/h2-8,23H,1H3. The largest absolute Gasteiger partial charge is 0.508 e. The molecule has 10 nitrogen and oxygen atoms in total. The Morgan fingerprint density at radius 1 is 0.862 bits per heavy atom. The number of nitrogens with zero attached hydrogens (tertiary/aromatic N) is 3. The second kappa shape index (κ2) is 6.09. The van der Waals surface area contributed by atoms with E-state index in [1.807, 2.05) is 0 Å². The van der Waals surface area contributed by atoms with Crippen LogP contribution in [0.15, 0.2) is 42.5 Å². The molecular weight excluding hydrogens is 382 g/mol. The molecule has 2 amide bonds. The molecule has 4 rings (SSSR count). The highest BCUT2D eigenvalue weighted by Crippen LogP contribution is 2.38. The molecule has 1 aliphatic rings. The molecule has 0 unspecified atom stereocenters. The molecule has 0 radical (unpaired) electrons. The Labute approximate surface area is 161 Å². The Morgan fingerprint density at radius 3 is 1.83 bits per heavy atom. The number of nitro groups is 2. The molecule has 1 heterocycles. The summed E-state index contributed by atoms with van der Waals surface area (Å²) in [4.78, 5) is 48.2. The molecule has 0 aliphatic carbocycles. The first-order chi connectivity index (χ1) is 13.7. The van der Waals surface area contributed by atoms with Crippen LogP contribution in [0.2, 0.25) is 0 Å². The molecule has 0 saturated carbocycles. The van der Waals surface area contributed by atoms with E-state index < -0.39 is 33.0 Å². The second-order valence-corrected chi connectivity index (χ2v) is 6.52. The van der Waals surface area contributed by atoms with E-state index in [1.54, 1.807) is 6.92 Å². The number of carbonyl (C=O) groups is 2. The van der Waals surface area contributed by atoms with Crippen LogP contribution in [0.3, 0.4) is 0 Å². The van der Waals surface area contributed by atoms with Crippen molar-refractivity contribution in [3.8, 4) is 5.75 Å². The van der Waals surface area contributed by atoms with Gasteiger partial charge in [-0.2, -0.15) is 0 Å². The van der Waals surface area contributed by atoms with Crippen LogP contribution in [0.5, 0.6) is 5.75 Å². The highest BCUT2D eigenvalue weighted by molar-refractivity contribution is 6.36. The summed E-state index contributed by atoms with van der Waals surface area (Å²) < 4.78 is 0. The zero-order chi connectivity index (χ0) is 21.0. The fraction of sp³-hybridized carbons (Fsp3) is 0.0526. The van der Waals surface area contributed by atoms with Gasteiger partial charge in [0.25, 0.3) is 23.2 Å². The molecule has 3 aromatic rings. The van der Waals surface area contributed by atoms with Crippen LogP contribution in [0.4, 0.5) is 17.1 Å². The Balaban J connectivity index is 2.07. The number of carbonyl (C=O) groups excluding carboxylic acids is 2. The molecule has 0 fully saturated rings. The minimum absolute atomic E-state index is 0.0576. The number of phenols is 1. The topological polar surface area (TPSA) is 144 Å². The van der Waals surface area contributed by atoms with Crippen LogP contribution in [0.25, 0.3) is 10.8 Å². The number of benzene rings is 3. The third-order valence-corrected chi connectivity index (χ3v) is 4.73. The van der Waals surface area contributed by atoms with E-state index in [9.17, 15) is 34.9 Å². The first kappa shape index (κ1) is 18.0. The minimum Gasteiger partial charge on any atom is -0.508 e. The highest BCUT2D eigenvalue weighted by atomic mass is 16.6. The van der Waals surface area contributed by atoms with E-state index in [1.165, 1.54) is 18.2 Å². The van der Waals surface area contributed by atoms with Gasteiger partial charge in [-0.1, -0.05) is 0 Å². The normalized spacial score (nSPS) is 13.1. The SMILES string of the molecule is Cc1cc(O)ccc1N1C(=O)c2cc([N+](=O)[O-])cc3cc([N+](=O)[O-])cc(c23)C1=O. The van der Waals surface area contributed by atoms with E-state index in [-0.39, 0.29) is 33.3 Å². The maximum Gasteiger partial charge on any atom is 0.270 e. The van der Waals surface area contributed by atoms with Crippen LogP contribution < -0.4 is 4.90 Å². The Morgan fingerprint density at radius 2 is 1.38 bits per heavy atom. The van der Waals surface area contributed by atoms with E-state index in [0.717, 1.165) is 29.2 Å². The summed E-state index contributed by atoms with van der Waals surface area (Å²) in [5.41, 5.74) is -0.498. The van der Waals surface area contributed by atoms with Crippen molar-refractivity contribution >= 4 is 39.6 Å². The third kappa shape index (κ3) is 2.65. The number of nitro benzene ring substituents is 2. The lowest BCUT2D eigenvalue weighted by molar-refractivity contribution is -0.385. The van der Waals surface area contributed by atoms with Gasteiger partial charge < -0.3 is 5.11 Å². The number of non-ortho nitro benzene ring substituents is 2. The first-order valence-electron chi connectivity index (χ1n) is 8.28. The molecule has 0 spiro atoms. The average molecular weight is 393 g/mol. The third-order valence-electron chi connectivity index (χ3n) is 4.73. The summed E-state index contributed by atoms with van der Waals surface area (Å²) in [5.74, 6) is -1.66. The number of hydrogen-bond donors (Lipinski definition) is 1. The predicted octanol–water partition coefficient (Wildman–Crippen LogP) is 3.47. The fourth-order valence-corrected chi connectivity index (χ4v) is 3.47. The van der Waals surface area contributed by atoms with Gasteiger partial charge >= 0.3 is 0 Å². The molecule has 144 valence electrons. The van der Waals surface area contributed by atoms with Crippen molar-refractivity contribution in [1.82, 2.24) is 0 Å². The number of imide groups is 1. The van der Waals surface area contributed by atoms with Crippen LogP contribution >= 0.6 is 0 Å². The summed E-state index contributed by atoms with van der Waals surface area (Å²) in [6, 6.07) is 8.28. The Hall–Kier alpha value is -4.34. The Bertz CT molecular complexity index is 1210. The van der Waals surface area contributed by atoms with Crippen molar-refractivity contribution in [2.45, 2.75) is 6.92 Å². The second-order valence-electron chi connectivity index (χ2n) is 6.52. The van der Waals surface area contributed by atoms with E-state index >= 15 is 0 Å². The van der Waals surface area contributed by atoms with E-state index in [2.05, 4.69) is 0 Å². The lowest BCUT2D eigenvalue weighted by atomic mass is 9.92. The molecule has 0 bridgehead atoms. The predicted molar refractivity (Wildman–Crippen MR) is 101 cm³/mol. The van der Waals surface area contributed by atoms with Gasteiger partial charge in [0.05, 0.1) is 26.7 Å².